The first-order chi connectivity index (χ1) is 13.4. The summed E-state index contributed by atoms with van der Waals surface area (Å²) in [6.07, 6.45) is 3.93. The Labute approximate surface area is 164 Å². The summed E-state index contributed by atoms with van der Waals surface area (Å²) in [6.45, 7) is 6.08. The Morgan fingerprint density at radius 3 is 2.68 bits per heavy atom. The summed E-state index contributed by atoms with van der Waals surface area (Å²) in [4.78, 5) is 50.2. The van der Waals surface area contributed by atoms with Crippen LogP contribution >= 0.6 is 0 Å². The van der Waals surface area contributed by atoms with Crippen molar-refractivity contribution in [2.45, 2.75) is 45.2 Å². The van der Waals surface area contributed by atoms with Crippen LogP contribution < -0.4 is 10.6 Å². The predicted octanol–water partition coefficient (Wildman–Crippen LogP) is 1.45. The molecule has 148 valence electrons. The molecule has 1 heterocycles. The number of nitrogens with zero attached hydrogens (tertiary/aromatic N) is 1. The molecule has 0 radical (unpaired) electrons. The Hall–Kier alpha value is -2.96. The summed E-state index contributed by atoms with van der Waals surface area (Å²) in [6, 6.07) is 4.66. The van der Waals surface area contributed by atoms with Gasteiger partial charge >= 0.3 is 0 Å². The SMILES string of the molecule is C=CCN(C(=O)c1cccc(CNC(=O)C2CC2)c1C)C1CCC(=O)NC1=O. The molecule has 3 rings (SSSR count). The molecule has 1 aromatic carbocycles. The van der Waals surface area contributed by atoms with Gasteiger partial charge in [-0.2, -0.15) is 0 Å². The largest absolute Gasteiger partial charge is 0.352 e. The molecule has 1 saturated carbocycles. The summed E-state index contributed by atoms with van der Waals surface area (Å²) < 4.78 is 0. The van der Waals surface area contributed by atoms with E-state index in [4.69, 9.17) is 0 Å². The molecule has 0 spiro atoms. The van der Waals surface area contributed by atoms with Gasteiger partial charge in [0.15, 0.2) is 0 Å². The number of carbonyl (C=O) groups is 4. The van der Waals surface area contributed by atoms with Crippen LogP contribution in [0.2, 0.25) is 0 Å². The molecule has 1 saturated heterocycles. The van der Waals surface area contributed by atoms with Gasteiger partial charge in [0.2, 0.25) is 17.7 Å². The second-order valence-electron chi connectivity index (χ2n) is 7.29. The molecule has 1 aliphatic heterocycles. The molecule has 0 aromatic heterocycles. The third-order valence-electron chi connectivity index (χ3n) is 5.25. The van der Waals surface area contributed by atoms with Crippen molar-refractivity contribution in [2.75, 3.05) is 6.54 Å². The third-order valence-corrected chi connectivity index (χ3v) is 5.25. The van der Waals surface area contributed by atoms with Crippen LogP contribution in [-0.4, -0.2) is 41.1 Å². The number of amides is 4. The fraction of sp³-hybridized carbons (Fsp3) is 0.429. The number of nitrogens with one attached hydrogen (secondary N) is 2. The zero-order valence-corrected chi connectivity index (χ0v) is 16.0. The number of imide groups is 1. The molecule has 1 aliphatic carbocycles. The van der Waals surface area contributed by atoms with E-state index in [9.17, 15) is 19.2 Å². The fourth-order valence-electron chi connectivity index (χ4n) is 3.40. The maximum absolute atomic E-state index is 13.2. The Morgan fingerprint density at radius 1 is 1.29 bits per heavy atom. The standard InChI is InChI=1S/C21H25N3O4/c1-3-11-24(17-9-10-18(25)23-20(17)27)21(28)16-6-4-5-15(13(16)2)12-22-19(26)14-7-8-14/h3-6,14,17H,1,7-12H2,2H3,(H,22,26)(H,23,25,27). The van der Waals surface area contributed by atoms with Crippen molar-refractivity contribution in [1.29, 1.82) is 0 Å². The molecule has 4 amide bonds. The Kier molecular flexibility index (Phi) is 5.92. The van der Waals surface area contributed by atoms with Crippen LogP contribution in [0.5, 0.6) is 0 Å². The van der Waals surface area contributed by atoms with Gasteiger partial charge in [-0.1, -0.05) is 18.2 Å². The highest BCUT2D eigenvalue weighted by molar-refractivity contribution is 6.04. The topological polar surface area (TPSA) is 95.6 Å². The molecule has 1 aromatic rings. The predicted molar refractivity (Wildman–Crippen MR) is 103 cm³/mol. The van der Waals surface area contributed by atoms with Gasteiger partial charge in [-0.15, -0.1) is 6.58 Å². The molecule has 7 heteroatoms. The first kappa shape index (κ1) is 19.8. The van der Waals surface area contributed by atoms with Crippen LogP contribution in [0.1, 0.15) is 47.2 Å². The zero-order chi connectivity index (χ0) is 20.3. The molecule has 28 heavy (non-hydrogen) atoms. The number of piperidine rings is 1. The lowest BCUT2D eigenvalue weighted by Crippen LogP contribution is -2.54. The fourth-order valence-corrected chi connectivity index (χ4v) is 3.40. The highest BCUT2D eigenvalue weighted by Crippen LogP contribution is 2.29. The van der Waals surface area contributed by atoms with E-state index >= 15 is 0 Å². The van der Waals surface area contributed by atoms with Crippen molar-refractivity contribution in [2.24, 2.45) is 5.92 Å². The maximum atomic E-state index is 13.2. The van der Waals surface area contributed by atoms with E-state index in [1.807, 2.05) is 13.0 Å². The summed E-state index contributed by atoms with van der Waals surface area (Å²) in [5.41, 5.74) is 2.11. The molecule has 7 nitrogen and oxygen atoms in total. The lowest BCUT2D eigenvalue weighted by molar-refractivity contribution is -0.136. The van der Waals surface area contributed by atoms with Gasteiger partial charge in [0.05, 0.1) is 0 Å². The van der Waals surface area contributed by atoms with Crippen LogP contribution in [0.4, 0.5) is 0 Å². The lowest BCUT2D eigenvalue weighted by Gasteiger charge is -2.32. The molecular formula is C21H25N3O4. The van der Waals surface area contributed by atoms with E-state index in [-0.39, 0.29) is 36.6 Å². The quantitative estimate of drug-likeness (QED) is 0.550. The number of hydrogen-bond donors (Lipinski definition) is 2. The van der Waals surface area contributed by atoms with Crippen molar-refractivity contribution < 1.29 is 19.2 Å². The minimum atomic E-state index is -0.708. The van der Waals surface area contributed by atoms with E-state index in [2.05, 4.69) is 17.2 Å². The van der Waals surface area contributed by atoms with Crippen molar-refractivity contribution in [3.05, 3.63) is 47.5 Å². The Bertz CT molecular complexity index is 829. The highest BCUT2D eigenvalue weighted by atomic mass is 16.2. The average molecular weight is 383 g/mol. The van der Waals surface area contributed by atoms with Gasteiger partial charge in [-0.05, 0) is 43.4 Å². The molecular weight excluding hydrogens is 358 g/mol. The van der Waals surface area contributed by atoms with Gasteiger partial charge < -0.3 is 10.2 Å². The number of benzene rings is 1. The van der Waals surface area contributed by atoms with Crippen LogP contribution in [0.15, 0.2) is 30.9 Å². The van der Waals surface area contributed by atoms with Crippen LogP contribution in [-0.2, 0) is 20.9 Å². The summed E-state index contributed by atoms with van der Waals surface area (Å²) >= 11 is 0. The Balaban J connectivity index is 1.79. The summed E-state index contributed by atoms with van der Waals surface area (Å²) in [7, 11) is 0. The first-order valence-corrected chi connectivity index (χ1v) is 9.54. The summed E-state index contributed by atoms with van der Waals surface area (Å²) in [5.74, 6) is -0.898. The van der Waals surface area contributed by atoms with Crippen LogP contribution in [0, 0.1) is 12.8 Å². The normalized spacial score (nSPS) is 19.0. The molecule has 2 N–H and O–H groups in total. The van der Waals surface area contributed by atoms with E-state index in [1.54, 1.807) is 18.2 Å². The van der Waals surface area contributed by atoms with Crippen LogP contribution in [0.3, 0.4) is 0 Å². The van der Waals surface area contributed by atoms with E-state index in [1.165, 1.54) is 4.90 Å². The minimum Gasteiger partial charge on any atom is -0.352 e. The second-order valence-corrected chi connectivity index (χ2v) is 7.29. The maximum Gasteiger partial charge on any atom is 0.255 e. The van der Waals surface area contributed by atoms with Gasteiger partial charge in [0.25, 0.3) is 5.91 Å². The summed E-state index contributed by atoms with van der Waals surface area (Å²) in [5, 5.41) is 5.21. The highest BCUT2D eigenvalue weighted by Gasteiger charge is 2.35. The van der Waals surface area contributed by atoms with Gasteiger partial charge in [-0.3, -0.25) is 24.5 Å². The first-order valence-electron chi connectivity index (χ1n) is 9.54. The van der Waals surface area contributed by atoms with Crippen molar-refractivity contribution in [3.8, 4) is 0 Å². The van der Waals surface area contributed by atoms with E-state index in [0.717, 1.165) is 24.0 Å². The molecule has 1 atom stereocenters. The second kappa shape index (κ2) is 8.37. The Morgan fingerprint density at radius 2 is 2.04 bits per heavy atom. The third kappa shape index (κ3) is 4.30. The van der Waals surface area contributed by atoms with Gasteiger partial charge in [0.1, 0.15) is 6.04 Å². The average Bonchev–Trinajstić information content (AvgIpc) is 3.50. The number of rotatable bonds is 7. The van der Waals surface area contributed by atoms with Crippen LogP contribution in [0.25, 0.3) is 0 Å². The van der Waals surface area contributed by atoms with E-state index < -0.39 is 11.9 Å². The molecule has 2 fully saturated rings. The monoisotopic (exact) mass is 383 g/mol. The molecule has 0 bridgehead atoms. The zero-order valence-electron chi connectivity index (χ0n) is 16.0. The van der Waals surface area contributed by atoms with Crippen molar-refractivity contribution >= 4 is 23.6 Å². The van der Waals surface area contributed by atoms with Crippen molar-refractivity contribution in [3.63, 3.8) is 0 Å². The van der Waals surface area contributed by atoms with Crippen molar-refractivity contribution in [1.82, 2.24) is 15.5 Å². The van der Waals surface area contributed by atoms with E-state index in [0.29, 0.717) is 18.5 Å². The van der Waals surface area contributed by atoms with Gasteiger partial charge in [-0.25, -0.2) is 0 Å². The van der Waals surface area contributed by atoms with Gasteiger partial charge in [0, 0.05) is 31.0 Å². The smallest absolute Gasteiger partial charge is 0.255 e. The number of carbonyl (C=O) groups excluding carboxylic acids is 4. The number of hydrogen-bond acceptors (Lipinski definition) is 4. The minimum absolute atomic E-state index is 0.0490. The molecule has 2 aliphatic rings. The molecule has 1 unspecified atom stereocenters. The lowest BCUT2D eigenvalue weighted by atomic mass is 9.98.